The fraction of sp³-hybridized carbons (Fsp3) is 0.333. The molecular formula is C9H8Cl2N4O4S. The van der Waals surface area contributed by atoms with Gasteiger partial charge in [0.25, 0.3) is 0 Å². The number of anilines is 1. The van der Waals surface area contributed by atoms with E-state index in [1.54, 1.807) is 0 Å². The van der Waals surface area contributed by atoms with E-state index in [1.807, 2.05) is 0 Å². The van der Waals surface area contributed by atoms with E-state index in [2.05, 4.69) is 9.97 Å². The monoisotopic (exact) mass is 338 g/mol. The van der Waals surface area contributed by atoms with E-state index >= 15 is 0 Å². The van der Waals surface area contributed by atoms with Gasteiger partial charge >= 0.3 is 0 Å². The molecule has 1 aliphatic rings. The van der Waals surface area contributed by atoms with E-state index in [-0.39, 0.29) is 34.8 Å². The number of sulfonamides is 1. The second kappa shape index (κ2) is 5.24. The number of rotatable bonds is 3. The summed E-state index contributed by atoms with van der Waals surface area (Å²) in [5.41, 5.74) is -0.105. The molecule has 0 aliphatic carbocycles. The lowest BCUT2D eigenvalue weighted by atomic mass is 10.4. The van der Waals surface area contributed by atoms with Gasteiger partial charge in [0, 0.05) is 13.0 Å². The highest BCUT2D eigenvalue weighted by molar-refractivity contribution is 7.89. The number of aromatic nitrogens is 2. The van der Waals surface area contributed by atoms with Gasteiger partial charge in [-0.3, -0.25) is 14.5 Å². The summed E-state index contributed by atoms with van der Waals surface area (Å²) in [6.07, 6.45) is 0.111. The van der Waals surface area contributed by atoms with Crippen molar-refractivity contribution in [1.82, 2.24) is 9.97 Å². The molecule has 2 rings (SSSR count). The maximum Gasteiger partial charge on any atom is 0.235 e. The van der Waals surface area contributed by atoms with Crippen LogP contribution in [0.1, 0.15) is 16.8 Å². The Hall–Kier alpha value is -1.29. The van der Waals surface area contributed by atoms with Crippen LogP contribution in [-0.2, 0) is 14.8 Å². The summed E-state index contributed by atoms with van der Waals surface area (Å²) in [6.45, 7) is -0.190. The first-order valence-corrected chi connectivity index (χ1v) is 7.60. The van der Waals surface area contributed by atoms with Crippen LogP contribution >= 0.6 is 23.2 Å². The molecule has 0 aromatic carbocycles. The normalized spacial score (nSPS) is 19.4. The van der Waals surface area contributed by atoms with E-state index in [0.717, 1.165) is 4.90 Å². The molecule has 1 atom stereocenters. The summed E-state index contributed by atoms with van der Waals surface area (Å²) in [5, 5.41) is 3.52. The van der Waals surface area contributed by atoms with Crippen molar-refractivity contribution in [3.05, 3.63) is 15.9 Å². The number of hydrogen-bond donors (Lipinski definition) is 1. The van der Waals surface area contributed by atoms with Gasteiger partial charge in [0.05, 0.1) is 5.56 Å². The van der Waals surface area contributed by atoms with Crippen molar-refractivity contribution in [2.75, 3.05) is 11.4 Å². The van der Waals surface area contributed by atoms with Gasteiger partial charge in [-0.05, 0) is 0 Å². The van der Waals surface area contributed by atoms with Crippen LogP contribution in [0.3, 0.4) is 0 Å². The average Bonchev–Trinajstić information content (AvgIpc) is 2.70. The van der Waals surface area contributed by atoms with Crippen LogP contribution in [0.15, 0.2) is 0 Å². The van der Waals surface area contributed by atoms with Crippen LogP contribution in [-0.4, -0.2) is 42.4 Å². The van der Waals surface area contributed by atoms with Gasteiger partial charge < -0.3 is 0 Å². The Balaban J connectivity index is 2.38. The predicted octanol–water partition coefficient (Wildman–Crippen LogP) is -0.0103. The molecule has 0 saturated carbocycles. The molecule has 2 N–H and O–H groups in total. The molecule has 1 aromatic rings. The minimum absolute atomic E-state index is 0.105. The maximum atomic E-state index is 11.8. The van der Waals surface area contributed by atoms with Gasteiger partial charge in [0.2, 0.25) is 21.9 Å². The van der Waals surface area contributed by atoms with Gasteiger partial charge in [0.1, 0.15) is 15.6 Å². The van der Waals surface area contributed by atoms with Crippen molar-refractivity contribution in [2.45, 2.75) is 11.7 Å². The highest BCUT2D eigenvalue weighted by atomic mass is 35.5. The summed E-state index contributed by atoms with van der Waals surface area (Å²) in [5.74, 6) is -0.684. The summed E-state index contributed by atoms with van der Waals surface area (Å²) in [7, 11) is -3.85. The quantitative estimate of drug-likeness (QED) is 0.610. The number of halogens is 2. The Morgan fingerprint density at radius 1 is 1.30 bits per heavy atom. The molecule has 0 spiro atoms. The Morgan fingerprint density at radius 2 is 1.85 bits per heavy atom. The molecule has 1 saturated heterocycles. The number of aldehydes is 1. The predicted molar refractivity (Wildman–Crippen MR) is 71.3 cm³/mol. The molecular weight excluding hydrogens is 331 g/mol. The molecule has 11 heteroatoms. The van der Waals surface area contributed by atoms with Crippen LogP contribution < -0.4 is 10.0 Å². The number of amides is 1. The number of primary sulfonamides is 1. The van der Waals surface area contributed by atoms with Gasteiger partial charge in [0.15, 0.2) is 6.29 Å². The lowest BCUT2D eigenvalue weighted by Crippen LogP contribution is -2.32. The number of hydrogen-bond acceptors (Lipinski definition) is 6. The molecule has 1 unspecified atom stereocenters. The SMILES string of the molecule is NS(=O)(=O)C1CC(=O)N(c2nc(Cl)c(C=O)c(Cl)n2)C1. The second-order valence-electron chi connectivity index (χ2n) is 4.06. The molecule has 2 heterocycles. The lowest BCUT2D eigenvalue weighted by Gasteiger charge is -2.14. The zero-order valence-corrected chi connectivity index (χ0v) is 12.1. The van der Waals surface area contributed by atoms with Gasteiger partial charge in [-0.15, -0.1) is 0 Å². The summed E-state index contributed by atoms with van der Waals surface area (Å²) >= 11 is 11.5. The zero-order valence-electron chi connectivity index (χ0n) is 9.79. The van der Waals surface area contributed by atoms with Crippen LogP contribution in [0.5, 0.6) is 0 Å². The highest BCUT2D eigenvalue weighted by Crippen LogP contribution is 2.26. The average molecular weight is 339 g/mol. The first kappa shape index (κ1) is 15.1. The zero-order chi connectivity index (χ0) is 15.1. The van der Waals surface area contributed by atoms with Gasteiger partial charge in [-0.25, -0.2) is 13.6 Å². The van der Waals surface area contributed by atoms with E-state index in [9.17, 15) is 18.0 Å². The van der Waals surface area contributed by atoms with Crippen LogP contribution in [0.2, 0.25) is 10.3 Å². The fourth-order valence-corrected chi connectivity index (χ4v) is 2.91. The molecule has 1 aromatic heterocycles. The van der Waals surface area contributed by atoms with Crippen LogP contribution in [0.25, 0.3) is 0 Å². The standard InChI is InChI=1S/C9H8Cl2N4O4S/c10-7-5(3-16)8(11)14-9(13-7)15-2-4(1-6(15)17)20(12,18)19/h3-4H,1-2H2,(H2,12,18,19). The smallest absolute Gasteiger partial charge is 0.235 e. The molecule has 0 bridgehead atoms. The van der Waals surface area contributed by atoms with E-state index in [0.29, 0.717) is 6.29 Å². The lowest BCUT2D eigenvalue weighted by molar-refractivity contribution is -0.117. The molecule has 1 fully saturated rings. The molecule has 1 amide bonds. The first-order valence-electron chi connectivity index (χ1n) is 5.24. The number of nitrogens with two attached hydrogens (primary N) is 1. The summed E-state index contributed by atoms with van der Waals surface area (Å²) in [4.78, 5) is 31.0. The summed E-state index contributed by atoms with van der Waals surface area (Å²) < 4.78 is 22.5. The van der Waals surface area contributed by atoms with Crippen molar-refractivity contribution >= 4 is 51.4 Å². The fourth-order valence-electron chi connectivity index (χ4n) is 1.71. The largest absolute Gasteiger partial charge is 0.298 e. The summed E-state index contributed by atoms with van der Waals surface area (Å²) in [6, 6.07) is 0. The van der Waals surface area contributed by atoms with Crippen molar-refractivity contribution in [3.63, 3.8) is 0 Å². The Morgan fingerprint density at radius 3 is 2.25 bits per heavy atom. The van der Waals surface area contributed by atoms with Crippen molar-refractivity contribution in [1.29, 1.82) is 0 Å². The topological polar surface area (TPSA) is 123 Å². The number of carbonyl (C=O) groups excluding carboxylic acids is 2. The Labute approximate surface area is 123 Å². The highest BCUT2D eigenvalue weighted by Gasteiger charge is 2.38. The minimum atomic E-state index is -3.85. The van der Waals surface area contributed by atoms with Gasteiger partial charge in [-0.1, -0.05) is 23.2 Å². The third-order valence-corrected chi connectivity index (χ3v) is 4.58. The molecule has 108 valence electrons. The van der Waals surface area contributed by atoms with Gasteiger partial charge in [-0.2, -0.15) is 9.97 Å². The third kappa shape index (κ3) is 2.75. The molecule has 0 radical (unpaired) electrons. The van der Waals surface area contributed by atoms with E-state index in [4.69, 9.17) is 28.3 Å². The third-order valence-electron chi connectivity index (χ3n) is 2.75. The molecule has 1 aliphatic heterocycles. The van der Waals surface area contributed by atoms with Crippen LogP contribution in [0.4, 0.5) is 5.95 Å². The molecule has 8 nitrogen and oxygen atoms in total. The minimum Gasteiger partial charge on any atom is -0.298 e. The Bertz CT molecular complexity index is 670. The van der Waals surface area contributed by atoms with E-state index in [1.165, 1.54) is 0 Å². The molecule has 20 heavy (non-hydrogen) atoms. The Kier molecular flexibility index (Phi) is 3.96. The van der Waals surface area contributed by atoms with Crippen molar-refractivity contribution < 1.29 is 18.0 Å². The second-order valence-corrected chi connectivity index (χ2v) is 6.62. The van der Waals surface area contributed by atoms with Crippen LogP contribution in [0, 0.1) is 0 Å². The van der Waals surface area contributed by atoms with E-state index < -0.39 is 21.2 Å². The van der Waals surface area contributed by atoms with Crippen molar-refractivity contribution in [2.24, 2.45) is 5.14 Å². The first-order chi connectivity index (χ1) is 9.24. The maximum absolute atomic E-state index is 11.8. The van der Waals surface area contributed by atoms with Crippen molar-refractivity contribution in [3.8, 4) is 0 Å². The number of carbonyl (C=O) groups is 2. The number of nitrogens with zero attached hydrogens (tertiary/aromatic N) is 3.